The largest absolute Gasteiger partial charge is 0.465 e. The molecule has 1 amide bonds. The second kappa shape index (κ2) is 11.3. The van der Waals surface area contributed by atoms with E-state index in [0.29, 0.717) is 17.7 Å². The maximum absolute atomic E-state index is 12.6. The molecule has 1 N–H and O–H groups in total. The molecule has 1 aromatic carbocycles. The molecule has 8 heteroatoms. The summed E-state index contributed by atoms with van der Waals surface area (Å²) >= 11 is 1.56. The average molecular weight is 419 g/mol. The van der Waals surface area contributed by atoms with Crippen LogP contribution >= 0.6 is 11.8 Å². The molecule has 0 spiro atoms. The molecule has 2 rings (SSSR count). The van der Waals surface area contributed by atoms with Crippen LogP contribution in [0.5, 0.6) is 0 Å². The number of carbonyl (C=O) groups is 3. The van der Waals surface area contributed by atoms with Crippen molar-refractivity contribution < 1.29 is 28.3 Å². The molecule has 0 saturated heterocycles. The van der Waals surface area contributed by atoms with Crippen LogP contribution in [-0.4, -0.2) is 42.5 Å². The number of benzene rings is 1. The molecule has 0 fully saturated rings. The van der Waals surface area contributed by atoms with Crippen molar-refractivity contribution in [2.75, 3.05) is 18.6 Å². The minimum Gasteiger partial charge on any atom is -0.465 e. The molecule has 156 valence electrons. The highest BCUT2D eigenvalue weighted by Gasteiger charge is 2.24. The molecule has 29 heavy (non-hydrogen) atoms. The van der Waals surface area contributed by atoms with E-state index in [2.05, 4.69) is 5.32 Å². The number of aryl methyl sites for hydroxylation is 1. The van der Waals surface area contributed by atoms with E-state index in [1.54, 1.807) is 36.9 Å². The van der Waals surface area contributed by atoms with E-state index in [0.717, 1.165) is 5.56 Å². The highest BCUT2D eigenvalue weighted by atomic mass is 32.2. The van der Waals surface area contributed by atoms with Gasteiger partial charge in [0.2, 0.25) is 0 Å². The number of thioether (sulfide) groups is 1. The second-order valence-corrected chi connectivity index (χ2v) is 7.25. The van der Waals surface area contributed by atoms with Gasteiger partial charge in [0.25, 0.3) is 5.91 Å². The van der Waals surface area contributed by atoms with E-state index in [4.69, 9.17) is 13.9 Å². The quantitative estimate of drug-likeness (QED) is 0.590. The molecule has 0 aliphatic heterocycles. The van der Waals surface area contributed by atoms with Crippen LogP contribution in [0.4, 0.5) is 0 Å². The molecule has 0 saturated carbocycles. The third-order valence-electron chi connectivity index (χ3n) is 4.07. The van der Waals surface area contributed by atoms with E-state index in [9.17, 15) is 14.4 Å². The zero-order valence-corrected chi connectivity index (χ0v) is 17.5. The van der Waals surface area contributed by atoms with Gasteiger partial charge in [0.15, 0.2) is 5.76 Å². The fourth-order valence-corrected chi connectivity index (χ4v) is 3.06. The van der Waals surface area contributed by atoms with Gasteiger partial charge in [0, 0.05) is 5.56 Å². The summed E-state index contributed by atoms with van der Waals surface area (Å²) in [6, 6.07) is 7.77. The Bertz CT molecular complexity index is 847. The molecular weight excluding hydrogens is 394 g/mol. The van der Waals surface area contributed by atoms with E-state index in [1.165, 1.54) is 12.3 Å². The van der Waals surface area contributed by atoms with Gasteiger partial charge in [-0.3, -0.25) is 4.79 Å². The van der Waals surface area contributed by atoms with Crippen molar-refractivity contribution in [2.24, 2.45) is 0 Å². The first-order valence-electron chi connectivity index (χ1n) is 9.22. The Morgan fingerprint density at radius 1 is 1.21 bits per heavy atom. The third-order valence-corrected chi connectivity index (χ3v) is 4.71. The maximum atomic E-state index is 12.6. The van der Waals surface area contributed by atoms with E-state index in [-0.39, 0.29) is 30.4 Å². The molecule has 1 heterocycles. The van der Waals surface area contributed by atoms with Gasteiger partial charge < -0.3 is 19.2 Å². The van der Waals surface area contributed by atoms with Crippen molar-refractivity contribution in [3.05, 3.63) is 59.0 Å². The number of amides is 1. The Hall–Kier alpha value is -2.74. The highest BCUT2D eigenvalue weighted by molar-refractivity contribution is 7.98. The lowest BCUT2D eigenvalue weighted by atomic mass is 10.1. The Morgan fingerprint density at radius 2 is 2.00 bits per heavy atom. The predicted octanol–water partition coefficient (Wildman–Crippen LogP) is 3.36. The summed E-state index contributed by atoms with van der Waals surface area (Å²) in [5.74, 6) is -0.611. The lowest BCUT2D eigenvalue weighted by Gasteiger charge is -2.17. The van der Waals surface area contributed by atoms with Crippen LogP contribution in [0.1, 0.15) is 45.4 Å². The van der Waals surface area contributed by atoms with Crippen LogP contribution in [0.25, 0.3) is 0 Å². The van der Waals surface area contributed by atoms with Gasteiger partial charge in [-0.1, -0.05) is 17.7 Å². The van der Waals surface area contributed by atoms with Crippen molar-refractivity contribution in [3.8, 4) is 0 Å². The van der Waals surface area contributed by atoms with E-state index < -0.39 is 18.0 Å². The summed E-state index contributed by atoms with van der Waals surface area (Å²) in [5.41, 5.74) is 1.64. The molecule has 0 unspecified atom stereocenters. The van der Waals surface area contributed by atoms with Crippen LogP contribution < -0.4 is 5.32 Å². The minimum atomic E-state index is -0.809. The summed E-state index contributed by atoms with van der Waals surface area (Å²) in [6.07, 6.45) is 3.67. The van der Waals surface area contributed by atoms with Crippen LogP contribution in [0, 0.1) is 6.92 Å². The Kier molecular flexibility index (Phi) is 8.79. The summed E-state index contributed by atoms with van der Waals surface area (Å²) in [4.78, 5) is 37.0. The predicted molar refractivity (Wildman–Crippen MR) is 110 cm³/mol. The first-order chi connectivity index (χ1) is 14.0. The Labute approximate surface area is 174 Å². The fourth-order valence-electron chi connectivity index (χ4n) is 2.59. The first-order valence-corrected chi connectivity index (χ1v) is 10.6. The van der Waals surface area contributed by atoms with Crippen LogP contribution in [0.2, 0.25) is 0 Å². The molecule has 0 radical (unpaired) electrons. The highest BCUT2D eigenvalue weighted by Crippen LogP contribution is 2.15. The third kappa shape index (κ3) is 6.67. The number of rotatable bonds is 10. The molecule has 0 bridgehead atoms. The molecular formula is C21H25NO6S. The summed E-state index contributed by atoms with van der Waals surface area (Å²) < 4.78 is 15.5. The minimum absolute atomic E-state index is 0.199. The number of hydrogen-bond donors (Lipinski definition) is 1. The summed E-state index contributed by atoms with van der Waals surface area (Å²) in [5, 5.41) is 2.73. The van der Waals surface area contributed by atoms with Gasteiger partial charge in [-0.05, 0) is 50.5 Å². The lowest BCUT2D eigenvalue weighted by molar-refractivity contribution is -0.147. The number of furan rings is 1. The standard InChI is InChI=1S/C21H25NO6S/c1-4-26-20(24)16-8-10-27-18(16)13-28-21(25)17(9-11-29-3)22-19(23)15-7-5-6-14(2)12-15/h5-8,10,12,17H,4,9,11,13H2,1-3H3,(H,22,23)/t17-/m0/s1. The molecule has 0 aliphatic carbocycles. The zero-order chi connectivity index (χ0) is 21.2. The van der Waals surface area contributed by atoms with Crippen LogP contribution in [0.3, 0.4) is 0 Å². The van der Waals surface area contributed by atoms with Crippen molar-refractivity contribution in [3.63, 3.8) is 0 Å². The number of hydrogen-bond acceptors (Lipinski definition) is 7. The topological polar surface area (TPSA) is 94.8 Å². The van der Waals surface area contributed by atoms with Gasteiger partial charge in [0.1, 0.15) is 18.2 Å². The number of carbonyl (C=O) groups excluding carboxylic acids is 3. The number of esters is 2. The summed E-state index contributed by atoms with van der Waals surface area (Å²) in [6.45, 7) is 3.59. The van der Waals surface area contributed by atoms with Crippen molar-refractivity contribution in [1.82, 2.24) is 5.32 Å². The second-order valence-electron chi connectivity index (χ2n) is 6.26. The number of ether oxygens (including phenoxy) is 2. The van der Waals surface area contributed by atoms with Gasteiger partial charge in [0.05, 0.1) is 12.9 Å². The van der Waals surface area contributed by atoms with Crippen LogP contribution in [-0.2, 0) is 20.9 Å². The van der Waals surface area contributed by atoms with Gasteiger partial charge in [-0.2, -0.15) is 11.8 Å². The van der Waals surface area contributed by atoms with Crippen molar-refractivity contribution in [1.29, 1.82) is 0 Å². The fraction of sp³-hybridized carbons (Fsp3) is 0.381. The maximum Gasteiger partial charge on any atom is 0.341 e. The molecule has 1 aromatic heterocycles. The van der Waals surface area contributed by atoms with Gasteiger partial charge >= 0.3 is 11.9 Å². The Balaban J connectivity index is 2.03. The zero-order valence-electron chi connectivity index (χ0n) is 16.7. The average Bonchev–Trinajstić information content (AvgIpc) is 3.18. The monoisotopic (exact) mass is 419 g/mol. The summed E-state index contributed by atoms with van der Waals surface area (Å²) in [7, 11) is 0. The number of nitrogens with one attached hydrogen (secondary N) is 1. The first kappa shape index (κ1) is 22.5. The lowest BCUT2D eigenvalue weighted by Crippen LogP contribution is -2.42. The Morgan fingerprint density at radius 3 is 2.69 bits per heavy atom. The normalized spacial score (nSPS) is 11.6. The molecule has 0 aliphatic rings. The van der Waals surface area contributed by atoms with Crippen molar-refractivity contribution in [2.45, 2.75) is 32.9 Å². The molecule has 1 atom stereocenters. The van der Waals surface area contributed by atoms with Crippen LogP contribution in [0.15, 0.2) is 41.0 Å². The van der Waals surface area contributed by atoms with Crippen molar-refractivity contribution >= 4 is 29.6 Å². The van der Waals surface area contributed by atoms with Gasteiger partial charge in [-0.15, -0.1) is 0 Å². The smallest absolute Gasteiger partial charge is 0.341 e. The van der Waals surface area contributed by atoms with E-state index in [1.807, 2.05) is 19.2 Å². The van der Waals surface area contributed by atoms with E-state index >= 15 is 0 Å². The van der Waals surface area contributed by atoms with Gasteiger partial charge in [-0.25, -0.2) is 9.59 Å². The molecule has 7 nitrogen and oxygen atoms in total. The SMILES string of the molecule is CCOC(=O)c1ccoc1COC(=O)[C@H](CCSC)NC(=O)c1cccc(C)c1. The molecule has 2 aromatic rings.